The van der Waals surface area contributed by atoms with Crippen molar-refractivity contribution in [3.8, 4) is 0 Å². The van der Waals surface area contributed by atoms with Gasteiger partial charge in [-0.1, -0.05) is 30.3 Å². The van der Waals surface area contributed by atoms with Crippen LogP contribution in [0, 0.1) is 5.92 Å². The Morgan fingerprint density at radius 1 is 1.21 bits per heavy atom. The molecule has 2 aromatic rings. The Bertz CT molecular complexity index is 664. The Labute approximate surface area is 140 Å². The zero-order chi connectivity index (χ0) is 16.8. The van der Waals surface area contributed by atoms with Crippen LogP contribution in [-0.4, -0.2) is 51.8 Å². The van der Waals surface area contributed by atoms with E-state index in [4.69, 9.17) is 0 Å². The largest absolute Gasteiger partial charge is 0.356 e. The van der Waals surface area contributed by atoms with Gasteiger partial charge in [0.15, 0.2) is 5.69 Å². The van der Waals surface area contributed by atoms with Crippen LogP contribution < -0.4 is 5.32 Å². The zero-order valence-electron chi connectivity index (χ0n) is 13.4. The van der Waals surface area contributed by atoms with Crippen LogP contribution in [0.3, 0.4) is 0 Å². The van der Waals surface area contributed by atoms with Gasteiger partial charge in [-0.2, -0.15) is 15.4 Å². The van der Waals surface area contributed by atoms with Crippen LogP contribution in [-0.2, 0) is 11.2 Å². The van der Waals surface area contributed by atoms with E-state index in [-0.39, 0.29) is 17.7 Å². The number of likely N-dealkylation sites (tertiary alicyclic amines) is 1. The fourth-order valence-electron chi connectivity index (χ4n) is 2.93. The van der Waals surface area contributed by atoms with E-state index in [9.17, 15) is 9.59 Å². The number of nitrogens with one attached hydrogen (secondary N) is 2. The molecule has 2 amide bonds. The lowest BCUT2D eigenvalue weighted by Gasteiger charge is -2.30. The van der Waals surface area contributed by atoms with Crippen molar-refractivity contribution in [1.82, 2.24) is 25.6 Å². The molecule has 3 rings (SSSR count). The van der Waals surface area contributed by atoms with Crippen LogP contribution in [0.5, 0.6) is 0 Å². The maximum absolute atomic E-state index is 12.3. The van der Waals surface area contributed by atoms with Gasteiger partial charge in [-0.05, 0) is 24.8 Å². The van der Waals surface area contributed by atoms with Gasteiger partial charge >= 0.3 is 0 Å². The maximum Gasteiger partial charge on any atom is 0.276 e. The molecule has 0 saturated carbocycles. The third kappa shape index (κ3) is 3.98. The topological polar surface area (TPSA) is 91.0 Å². The molecule has 1 fully saturated rings. The monoisotopic (exact) mass is 327 g/mol. The summed E-state index contributed by atoms with van der Waals surface area (Å²) >= 11 is 0. The third-order valence-corrected chi connectivity index (χ3v) is 4.34. The van der Waals surface area contributed by atoms with Crippen molar-refractivity contribution in [2.45, 2.75) is 19.3 Å². The molecule has 1 aliphatic heterocycles. The van der Waals surface area contributed by atoms with Gasteiger partial charge in [0.25, 0.3) is 5.91 Å². The number of amides is 2. The number of aromatic nitrogens is 3. The standard InChI is InChI=1S/C17H21N5O2/c23-16(18-9-6-13-4-2-1-3-5-13)14-7-10-22(11-8-14)17(24)15-12-19-21-20-15/h1-5,12,14H,6-11H2,(H,18,23)(H,19,20,21). The second-order valence-corrected chi connectivity index (χ2v) is 5.95. The highest BCUT2D eigenvalue weighted by Gasteiger charge is 2.28. The maximum atomic E-state index is 12.3. The quantitative estimate of drug-likeness (QED) is 0.857. The molecule has 0 bridgehead atoms. The SMILES string of the molecule is O=C(NCCc1ccccc1)C1CCN(C(=O)c2cn[nH]n2)CC1. The summed E-state index contributed by atoms with van der Waals surface area (Å²) in [6, 6.07) is 10.1. The number of carbonyl (C=O) groups excluding carboxylic acids is 2. The van der Waals surface area contributed by atoms with Crippen molar-refractivity contribution in [3.63, 3.8) is 0 Å². The molecule has 7 nitrogen and oxygen atoms in total. The van der Waals surface area contributed by atoms with Crippen molar-refractivity contribution >= 4 is 11.8 Å². The molecular weight excluding hydrogens is 306 g/mol. The number of aromatic amines is 1. The van der Waals surface area contributed by atoms with Gasteiger partial charge in [-0.3, -0.25) is 9.59 Å². The van der Waals surface area contributed by atoms with E-state index in [1.165, 1.54) is 11.8 Å². The molecule has 0 spiro atoms. The number of H-pyrrole nitrogens is 1. The van der Waals surface area contributed by atoms with E-state index < -0.39 is 0 Å². The van der Waals surface area contributed by atoms with E-state index in [2.05, 4.69) is 32.9 Å². The van der Waals surface area contributed by atoms with Gasteiger partial charge in [0.2, 0.25) is 5.91 Å². The molecule has 2 N–H and O–H groups in total. The minimum atomic E-state index is -0.133. The summed E-state index contributed by atoms with van der Waals surface area (Å²) in [5.74, 6) is -0.0757. The van der Waals surface area contributed by atoms with E-state index in [1.807, 2.05) is 18.2 Å². The predicted octanol–water partition coefficient (Wildman–Crippen LogP) is 1.02. The van der Waals surface area contributed by atoms with Gasteiger partial charge in [-0.25, -0.2) is 0 Å². The lowest BCUT2D eigenvalue weighted by molar-refractivity contribution is -0.126. The zero-order valence-corrected chi connectivity index (χ0v) is 13.4. The van der Waals surface area contributed by atoms with E-state index >= 15 is 0 Å². The molecule has 1 saturated heterocycles. The Morgan fingerprint density at radius 3 is 2.62 bits per heavy atom. The summed E-state index contributed by atoms with van der Waals surface area (Å²) in [7, 11) is 0. The Balaban J connectivity index is 1.41. The van der Waals surface area contributed by atoms with Gasteiger partial charge in [0.05, 0.1) is 6.20 Å². The molecule has 24 heavy (non-hydrogen) atoms. The van der Waals surface area contributed by atoms with Gasteiger partial charge < -0.3 is 10.2 Å². The Kier molecular flexibility index (Phi) is 5.20. The second-order valence-electron chi connectivity index (χ2n) is 5.95. The molecule has 126 valence electrons. The predicted molar refractivity (Wildman–Crippen MR) is 88.2 cm³/mol. The summed E-state index contributed by atoms with van der Waals surface area (Å²) < 4.78 is 0. The summed E-state index contributed by atoms with van der Waals surface area (Å²) in [5.41, 5.74) is 1.53. The van der Waals surface area contributed by atoms with Gasteiger partial charge in [0, 0.05) is 25.6 Å². The smallest absolute Gasteiger partial charge is 0.276 e. The van der Waals surface area contributed by atoms with E-state index in [1.54, 1.807) is 4.90 Å². The van der Waals surface area contributed by atoms with Crippen molar-refractivity contribution < 1.29 is 9.59 Å². The molecule has 7 heteroatoms. The second kappa shape index (κ2) is 7.72. The van der Waals surface area contributed by atoms with Gasteiger partial charge in [-0.15, -0.1) is 0 Å². The summed E-state index contributed by atoms with van der Waals surface area (Å²) in [6.07, 6.45) is 3.61. The Morgan fingerprint density at radius 2 is 1.96 bits per heavy atom. The number of nitrogens with zero attached hydrogens (tertiary/aromatic N) is 3. The van der Waals surface area contributed by atoms with Crippen LogP contribution in [0.25, 0.3) is 0 Å². The Hall–Kier alpha value is -2.70. The molecule has 1 aliphatic rings. The van der Waals surface area contributed by atoms with Crippen molar-refractivity contribution in [1.29, 1.82) is 0 Å². The third-order valence-electron chi connectivity index (χ3n) is 4.34. The van der Waals surface area contributed by atoms with Crippen molar-refractivity contribution in [2.75, 3.05) is 19.6 Å². The van der Waals surface area contributed by atoms with Crippen LogP contribution in [0.2, 0.25) is 0 Å². The first-order valence-electron chi connectivity index (χ1n) is 8.20. The van der Waals surface area contributed by atoms with Crippen molar-refractivity contribution in [3.05, 3.63) is 47.8 Å². The molecule has 2 heterocycles. The first-order valence-corrected chi connectivity index (χ1v) is 8.20. The molecular formula is C17H21N5O2. The summed E-state index contributed by atoms with van der Waals surface area (Å²) in [5, 5.41) is 12.9. The number of benzene rings is 1. The van der Waals surface area contributed by atoms with Gasteiger partial charge in [0.1, 0.15) is 0 Å². The molecule has 1 aromatic heterocycles. The van der Waals surface area contributed by atoms with Crippen LogP contribution in [0.15, 0.2) is 36.5 Å². The van der Waals surface area contributed by atoms with Crippen LogP contribution >= 0.6 is 0 Å². The highest BCUT2D eigenvalue weighted by Crippen LogP contribution is 2.18. The molecule has 0 radical (unpaired) electrons. The first kappa shape index (κ1) is 16.2. The number of carbonyl (C=O) groups is 2. The minimum absolute atomic E-state index is 0.0258. The van der Waals surface area contributed by atoms with Crippen LogP contribution in [0.1, 0.15) is 28.9 Å². The summed E-state index contributed by atoms with van der Waals surface area (Å²) in [4.78, 5) is 26.1. The molecule has 0 atom stereocenters. The highest BCUT2D eigenvalue weighted by molar-refractivity contribution is 5.92. The highest BCUT2D eigenvalue weighted by atomic mass is 16.2. The van der Waals surface area contributed by atoms with Crippen LogP contribution in [0.4, 0.5) is 0 Å². The molecule has 0 aliphatic carbocycles. The summed E-state index contributed by atoms with van der Waals surface area (Å²) in [6.45, 7) is 1.78. The average Bonchev–Trinajstić information content (AvgIpc) is 3.17. The van der Waals surface area contributed by atoms with Crippen molar-refractivity contribution in [2.24, 2.45) is 5.92 Å². The normalized spacial score (nSPS) is 15.2. The number of hydrogen-bond donors (Lipinski definition) is 2. The van der Waals surface area contributed by atoms with E-state index in [0.29, 0.717) is 38.2 Å². The molecule has 1 aromatic carbocycles. The average molecular weight is 327 g/mol. The fraction of sp³-hybridized carbons (Fsp3) is 0.412. The number of piperidine rings is 1. The fourth-order valence-corrected chi connectivity index (χ4v) is 2.93. The van der Waals surface area contributed by atoms with E-state index in [0.717, 1.165) is 6.42 Å². The minimum Gasteiger partial charge on any atom is -0.356 e. The lowest BCUT2D eigenvalue weighted by Crippen LogP contribution is -2.43. The molecule has 0 unspecified atom stereocenters. The lowest BCUT2D eigenvalue weighted by atomic mass is 9.95. The first-order chi connectivity index (χ1) is 11.7. The number of hydrogen-bond acceptors (Lipinski definition) is 4. The number of rotatable bonds is 5.